The van der Waals surface area contributed by atoms with Crippen LogP contribution >= 0.6 is 0 Å². The number of rotatable bonds is 4. The van der Waals surface area contributed by atoms with Gasteiger partial charge in [-0.2, -0.15) is 0 Å². The summed E-state index contributed by atoms with van der Waals surface area (Å²) in [7, 11) is 1.64. The van der Waals surface area contributed by atoms with E-state index in [4.69, 9.17) is 9.15 Å². The Morgan fingerprint density at radius 3 is 2.81 bits per heavy atom. The third kappa shape index (κ3) is 3.89. The summed E-state index contributed by atoms with van der Waals surface area (Å²) in [5, 5.41) is 2.99. The number of methoxy groups -OCH3 is 1. The van der Waals surface area contributed by atoms with E-state index in [0.29, 0.717) is 19.6 Å². The van der Waals surface area contributed by atoms with Crippen molar-refractivity contribution < 1.29 is 13.9 Å². The van der Waals surface area contributed by atoms with Crippen LogP contribution in [0.5, 0.6) is 5.75 Å². The molecule has 0 aliphatic carbocycles. The van der Waals surface area contributed by atoms with E-state index >= 15 is 0 Å². The molecule has 3 aromatic rings. The van der Waals surface area contributed by atoms with Gasteiger partial charge in [-0.05, 0) is 42.7 Å². The maximum absolute atomic E-state index is 12.5. The quantitative estimate of drug-likeness (QED) is 0.761. The third-order valence-electron chi connectivity index (χ3n) is 5.02. The Bertz CT molecular complexity index is 896. The van der Waals surface area contributed by atoms with Gasteiger partial charge in [0, 0.05) is 25.6 Å². The van der Waals surface area contributed by atoms with Crippen LogP contribution in [0.2, 0.25) is 0 Å². The number of nitrogens with zero attached hydrogens (tertiary/aromatic N) is 2. The van der Waals surface area contributed by atoms with E-state index in [1.807, 2.05) is 53.4 Å². The first-order valence-corrected chi connectivity index (χ1v) is 9.24. The monoisotopic (exact) mass is 365 g/mol. The summed E-state index contributed by atoms with van der Waals surface area (Å²) in [6, 6.07) is 15.5. The molecule has 1 fully saturated rings. The van der Waals surface area contributed by atoms with Crippen molar-refractivity contribution in [3.05, 3.63) is 60.0 Å². The molecule has 1 aliphatic rings. The van der Waals surface area contributed by atoms with E-state index in [0.717, 1.165) is 41.1 Å². The molecule has 140 valence electrons. The molecule has 1 aliphatic heterocycles. The van der Waals surface area contributed by atoms with Crippen molar-refractivity contribution in [2.45, 2.75) is 25.3 Å². The fraction of sp³-hybridized carbons (Fsp3) is 0.333. The Morgan fingerprint density at radius 2 is 2.04 bits per heavy atom. The summed E-state index contributed by atoms with van der Waals surface area (Å²) in [4.78, 5) is 18.9. The molecule has 0 bridgehead atoms. The second-order valence-corrected chi connectivity index (χ2v) is 6.79. The number of amides is 2. The number of hydrogen-bond donors (Lipinski definition) is 1. The lowest BCUT2D eigenvalue weighted by Gasteiger charge is -2.30. The minimum atomic E-state index is -0.0335. The molecule has 0 spiro atoms. The van der Waals surface area contributed by atoms with Crippen molar-refractivity contribution in [2.24, 2.45) is 0 Å². The van der Waals surface area contributed by atoms with Crippen molar-refractivity contribution in [3.63, 3.8) is 0 Å². The summed E-state index contributed by atoms with van der Waals surface area (Å²) in [5.74, 6) is 1.84. The molecule has 0 radical (unpaired) electrons. The smallest absolute Gasteiger partial charge is 0.317 e. The number of ether oxygens (including phenoxy) is 1. The highest BCUT2D eigenvalue weighted by Gasteiger charge is 2.26. The van der Waals surface area contributed by atoms with Gasteiger partial charge >= 0.3 is 6.03 Å². The molecular formula is C21H23N3O3. The maximum Gasteiger partial charge on any atom is 0.317 e. The van der Waals surface area contributed by atoms with Crippen LogP contribution in [0.1, 0.15) is 30.2 Å². The SMILES string of the molecule is COc1cccc(CNC(=O)N2CCC(c3nc4ccccc4o3)CC2)c1. The van der Waals surface area contributed by atoms with E-state index in [1.54, 1.807) is 7.11 Å². The predicted molar refractivity (Wildman–Crippen MR) is 103 cm³/mol. The summed E-state index contributed by atoms with van der Waals surface area (Å²) >= 11 is 0. The van der Waals surface area contributed by atoms with Crippen molar-refractivity contribution in [3.8, 4) is 5.75 Å². The summed E-state index contributed by atoms with van der Waals surface area (Å²) in [5.41, 5.74) is 2.74. The predicted octanol–water partition coefficient (Wildman–Crippen LogP) is 3.93. The molecule has 27 heavy (non-hydrogen) atoms. The van der Waals surface area contributed by atoms with E-state index < -0.39 is 0 Å². The lowest BCUT2D eigenvalue weighted by molar-refractivity contribution is 0.177. The molecule has 2 heterocycles. The van der Waals surface area contributed by atoms with Gasteiger partial charge in [-0.3, -0.25) is 0 Å². The van der Waals surface area contributed by atoms with Gasteiger partial charge in [0.1, 0.15) is 11.3 Å². The van der Waals surface area contributed by atoms with Gasteiger partial charge in [-0.25, -0.2) is 9.78 Å². The number of nitrogens with one attached hydrogen (secondary N) is 1. The Balaban J connectivity index is 1.31. The highest BCUT2D eigenvalue weighted by atomic mass is 16.5. The maximum atomic E-state index is 12.5. The number of oxazole rings is 1. The summed E-state index contributed by atoms with van der Waals surface area (Å²) in [6.45, 7) is 1.89. The van der Waals surface area contributed by atoms with Crippen molar-refractivity contribution in [1.29, 1.82) is 0 Å². The van der Waals surface area contributed by atoms with Crippen molar-refractivity contribution >= 4 is 17.1 Å². The van der Waals surface area contributed by atoms with Gasteiger partial charge < -0.3 is 19.4 Å². The normalized spacial score (nSPS) is 15.1. The highest BCUT2D eigenvalue weighted by molar-refractivity contribution is 5.74. The first kappa shape index (κ1) is 17.4. The molecule has 2 aromatic carbocycles. The number of urea groups is 1. The lowest BCUT2D eigenvalue weighted by Crippen LogP contribution is -2.43. The second-order valence-electron chi connectivity index (χ2n) is 6.79. The number of para-hydroxylation sites is 2. The minimum Gasteiger partial charge on any atom is -0.497 e. The third-order valence-corrected chi connectivity index (χ3v) is 5.02. The van der Waals surface area contributed by atoms with Gasteiger partial charge in [0.15, 0.2) is 11.5 Å². The van der Waals surface area contributed by atoms with Crippen molar-refractivity contribution in [2.75, 3.05) is 20.2 Å². The van der Waals surface area contributed by atoms with Crippen LogP contribution in [-0.2, 0) is 6.54 Å². The molecule has 0 saturated carbocycles. The lowest BCUT2D eigenvalue weighted by atomic mass is 9.97. The molecule has 1 aromatic heterocycles. The minimum absolute atomic E-state index is 0.0335. The molecule has 2 amide bonds. The van der Waals surface area contributed by atoms with E-state index in [9.17, 15) is 4.79 Å². The topological polar surface area (TPSA) is 67.6 Å². The zero-order valence-corrected chi connectivity index (χ0v) is 15.4. The first-order valence-electron chi connectivity index (χ1n) is 9.24. The fourth-order valence-corrected chi connectivity index (χ4v) is 3.47. The molecule has 0 atom stereocenters. The van der Waals surface area contributed by atoms with E-state index in [-0.39, 0.29) is 11.9 Å². The van der Waals surface area contributed by atoms with Crippen LogP contribution in [0.4, 0.5) is 4.79 Å². The number of carbonyl (C=O) groups excluding carboxylic acids is 1. The second kappa shape index (κ2) is 7.70. The van der Waals surface area contributed by atoms with Crippen LogP contribution in [0.25, 0.3) is 11.1 Å². The molecule has 1 N–H and O–H groups in total. The van der Waals surface area contributed by atoms with Crippen LogP contribution in [0.15, 0.2) is 52.9 Å². The Labute approximate surface area is 158 Å². The molecule has 6 nitrogen and oxygen atoms in total. The largest absolute Gasteiger partial charge is 0.497 e. The zero-order valence-electron chi connectivity index (χ0n) is 15.4. The summed E-state index contributed by atoms with van der Waals surface area (Å²) in [6.07, 6.45) is 1.72. The number of benzene rings is 2. The van der Waals surface area contributed by atoms with E-state index in [2.05, 4.69) is 10.3 Å². The molecule has 0 unspecified atom stereocenters. The number of aromatic nitrogens is 1. The number of fused-ring (bicyclic) bond motifs is 1. The number of likely N-dealkylation sites (tertiary alicyclic amines) is 1. The van der Waals surface area contributed by atoms with E-state index in [1.165, 1.54) is 0 Å². The van der Waals surface area contributed by atoms with Crippen LogP contribution in [-0.4, -0.2) is 36.1 Å². The number of piperidine rings is 1. The zero-order chi connectivity index (χ0) is 18.6. The van der Waals surface area contributed by atoms with Crippen molar-refractivity contribution in [1.82, 2.24) is 15.2 Å². The summed E-state index contributed by atoms with van der Waals surface area (Å²) < 4.78 is 11.1. The van der Waals surface area contributed by atoms with Gasteiger partial charge in [0.2, 0.25) is 0 Å². The highest BCUT2D eigenvalue weighted by Crippen LogP contribution is 2.29. The van der Waals surface area contributed by atoms with Gasteiger partial charge in [0.25, 0.3) is 0 Å². The molecular weight excluding hydrogens is 342 g/mol. The van der Waals surface area contributed by atoms with Gasteiger partial charge in [-0.1, -0.05) is 24.3 Å². The Morgan fingerprint density at radius 1 is 1.22 bits per heavy atom. The van der Waals surface area contributed by atoms with Gasteiger partial charge in [0.05, 0.1) is 7.11 Å². The first-order chi connectivity index (χ1) is 13.2. The molecule has 6 heteroatoms. The van der Waals surface area contributed by atoms with Gasteiger partial charge in [-0.15, -0.1) is 0 Å². The Hall–Kier alpha value is -3.02. The fourth-order valence-electron chi connectivity index (χ4n) is 3.47. The average molecular weight is 365 g/mol. The van der Waals surface area contributed by atoms with Crippen LogP contribution in [0.3, 0.4) is 0 Å². The molecule has 1 saturated heterocycles. The van der Waals surface area contributed by atoms with Crippen LogP contribution in [0, 0.1) is 0 Å². The van der Waals surface area contributed by atoms with Crippen LogP contribution < -0.4 is 10.1 Å². The standard InChI is InChI=1S/C21H23N3O3/c1-26-17-6-4-5-15(13-17)14-22-21(25)24-11-9-16(10-12-24)20-23-18-7-2-3-8-19(18)27-20/h2-8,13,16H,9-12,14H2,1H3,(H,22,25). The number of carbonyl (C=O) groups is 1. The Kier molecular flexibility index (Phi) is 4.96. The average Bonchev–Trinajstić information content (AvgIpc) is 3.16. The molecule has 4 rings (SSSR count). The number of hydrogen-bond acceptors (Lipinski definition) is 4.